The quantitative estimate of drug-likeness (QED) is 0.668. The molecule has 2 saturated carbocycles. The molecule has 0 spiro atoms. The Morgan fingerprint density at radius 2 is 1.88 bits per heavy atom. The number of tetrazole rings is 1. The molecule has 0 radical (unpaired) electrons. The maximum absolute atomic E-state index is 13.1. The van der Waals surface area contributed by atoms with Gasteiger partial charge in [-0.2, -0.15) is 0 Å². The van der Waals surface area contributed by atoms with Gasteiger partial charge in [-0.05, 0) is 42.5 Å². The number of hydrogen-bond acceptors (Lipinski definition) is 7. The molecule has 0 aromatic carbocycles. The number of amides is 1. The molecule has 144 valence electrons. The molecule has 0 unspecified atom stereocenters. The number of sulfone groups is 1. The maximum Gasteiger partial charge on any atom is 0.233 e. The zero-order valence-electron chi connectivity index (χ0n) is 14.8. The van der Waals surface area contributed by atoms with Crippen molar-refractivity contribution in [3.63, 3.8) is 0 Å². The lowest BCUT2D eigenvalue weighted by molar-refractivity contribution is -0.133. The van der Waals surface area contributed by atoms with Gasteiger partial charge in [0.2, 0.25) is 11.1 Å². The number of nitrogens with zero attached hydrogens (tertiary/aromatic N) is 5. The van der Waals surface area contributed by atoms with E-state index in [0.29, 0.717) is 17.6 Å². The molecule has 26 heavy (non-hydrogen) atoms. The highest BCUT2D eigenvalue weighted by molar-refractivity contribution is 7.99. The molecule has 1 amide bonds. The van der Waals surface area contributed by atoms with Crippen molar-refractivity contribution in [3.05, 3.63) is 0 Å². The molecule has 3 aliphatic rings. The average Bonchev–Trinajstić information content (AvgIpc) is 3.26. The van der Waals surface area contributed by atoms with E-state index in [9.17, 15) is 13.2 Å². The Balaban J connectivity index is 1.45. The summed E-state index contributed by atoms with van der Waals surface area (Å²) in [5.41, 5.74) is 0. The first-order valence-corrected chi connectivity index (χ1v) is 12.3. The second kappa shape index (κ2) is 7.46. The van der Waals surface area contributed by atoms with Gasteiger partial charge < -0.3 is 4.90 Å². The van der Waals surface area contributed by atoms with E-state index in [1.165, 1.54) is 18.2 Å². The maximum atomic E-state index is 13.1. The van der Waals surface area contributed by atoms with Crippen molar-refractivity contribution < 1.29 is 13.2 Å². The molecule has 1 aromatic rings. The molecular formula is C16H25N5O3S2. The zero-order valence-corrected chi connectivity index (χ0v) is 16.4. The predicted molar refractivity (Wildman–Crippen MR) is 97.6 cm³/mol. The van der Waals surface area contributed by atoms with Crippen LogP contribution in [0.5, 0.6) is 0 Å². The normalized spacial score (nSPS) is 26.1. The van der Waals surface area contributed by atoms with E-state index in [1.54, 1.807) is 0 Å². The van der Waals surface area contributed by atoms with E-state index in [1.807, 2.05) is 9.58 Å². The summed E-state index contributed by atoms with van der Waals surface area (Å²) in [6.07, 6.45) is 8.12. The van der Waals surface area contributed by atoms with E-state index in [-0.39, 0.29) is 35.2 Å². The summed E-state index contributed by atoms with van der Waals surface area (Å²) in [7, 11) is -3.02. The Morgan fingerprint density at radius 3 is 2.54 bits per heavy atom. The van der Waals surface area contributed by atoms with Crippen LogP contribution in [0.25, 0.3) is 0 Å². The van der Waals surface area contributed by atoms with Crippen molar-refractivity contribution in [1.29, 1.82) is 0 Å². The van der Waals surface area contributed by atoms with Gasteiger partial charge in [0.1, 0.15) is 0 Å². The number of hydrogen-bond donors (Lipinski definition) is 0. The fraction of sp³-hybridized carbons (Fsp3) is 0.875. The second-order valence-corrected chi connectivity index (χ2v) is 10.7. The van der Waals surface area contributed by atoms with Gasteiger partial charge >= 0.3 is 0 Å². The van der Waals surface area contributed by atoms with Crippen LogP contribution >= 0.6 is 11.8 Å². The van der Waals surface area contributed by atoms with Crippen molar-refractivity contribution in [2.45, 2.75) is 74.6 Å². The number of aromatic nitrogens is 4. The smallest absolute Gasteiger partial charge is 0.233 e. The summed E-state index contributed by atoms with van der Waals surface area (Å²) in [6, 6.07) is 0.377. The lowest BCUT2D eigenvalue weighted by Crippen LogP contribution is -2.49. The fourth-order valence-electron chi connectivity index (χ4n) is 4.09. The first-order chi connectivity index (χ1) is 12.5. The Morgan fingerprint density at radius 1 is 1.12 bits per heavy atom. The zero-order chi connectivity index (χ0) is 18.1. The van der Waals surface area contributed by atoms with E-state index >= 15 is 0 Å². The Kier molecular flexibility index (Phi) is 5.22. The average molecular weight is 400 g/mol. The third-order valence-corrected chi connectivity index (χ3v) is 8.21. The van der Waals surface area contributed by atoms with Gasteiger partial charge in [0.05, 0.1) is 23.3 Å². The molecule has 2 aliphatic carbocycles. The molecular weight excluding hydrogens is 374 g/mol. The SMILES string of the molecule is O=C(CSc1nnnn1C1CC1)N(C1CCCCC1)[C@H]1CCS(=O)(=O)C1. The third kappa shape index (κ3) is 4.05. The molecule has 4 rings (SSSR count). The van der Waals surface area contributed by atoms with E-state index in [2.05, 4.69) is 15.5 Å². The number of thioether (sulfide) groups is 1. The standard InChI is InChI=1S/C16H25N5O3S2/c22-15(10-25-16-17-18-19-21(16)13-6-7-13)20(12-4-2-1-3-5-12)14-8-9-26(23,24)11-14/h12-14H,1-11H2/t14-/m0/s1. The predicted octanol–water partition coefficient (Wildman–Crippen LogP) is 1.45. The number of rotatable bonds is 6. The van der Waals surface area contributed by atoms with Crippen molar-refractivity contribution in [1.82, 2.24) is 25.1 Å². The van der Waals surface area contributed by atoms with Crippen LogP contribution in [0.15, 0.2) is 5.16 Å². The van der Waals surface area contributed by atoms with E-state index in [4.69, 9.17) is 0 Å². The highest BCUT2D eigenvalue weighted by Crippen LogP contribution is 2.36. The fourth-order valence-corrected chi connectivity index (χ4v) is 6.61. The summed E-state index contributed by atoms with van der Waals surface area (Å²) >= 11 is 1.37. The van der Waals surface area contributed by atoms with Crippen molar-refractivity contribution >= 4 is 27.5 Å². The Hall–Kier alpha value is -1.16. The summed E-state index contributed by atoms with van der Waals surface area (Å²) in [5.74, 6) is 0.593. The molecule has 10 heteroatoms. The minimum absolute atomic E-state index is 0.0225. The largest absolute Gasteiger partial charge is 0.335 e. The van der Waals surface area contributed by atoms with Crippen LogP contribution in [0.4, 0.5) is 0 Å². The van der Waals surface area contributed by atoms with Crippen LogP contribution in [0, 0.1) is 0 Å². The van der Waals surface area contributed by atoms with Crippen LogP contribution in [0.1, 0.15) is 57.4 Å². The molecule has 1 aliphatic heterocycles. The molecule has 2 heterocycles. The van der Waals surface area contributed by atoms with Crippen LogP contribution in [-0.4, -0.2) is 68.8 Å². The highest BCUT2D eigenvalue weighted by atomic mass is 32.2. The van der Waals surface area contributed by atoms with Crippen LogP contribution < -0.4 is 0 Å². The summed E-state index contributed by atoms with van der Waals surface area (Å²) in [4.78, 5) is 15.0. The lowest BCUT2D eigenvalue weighted by atomic mass is 9.93. The van der Waals surface area contributed by atoms with Gasteiger partial charge in [-0.3, -0.25) is 4.79 Å². The van der Waals surface area contributed by atoms with Crippen molar-refractivity contribution in [2.24, 2.45) is 0 Å². The minimum atomic E-state index is -3.02. The van der Waals surface area contributed by atoms with E-state index < -0.39 is 9.84 Å². The Bertz CT molecular complexity index is 756. The van der Waals surface area contributed by atoms with Crippen LogP contribution in [0.2, 0.25) is 0 Å². The van der Waals surface area contributed by atoms with Crippen LogP contribution in [-0.2, 0) is 14.6 Å². The van der Waals surface area contributed by atoms with Gasteiger partial charge in [0, 0.05) is 12.1 Å². The van der Waals surface area contributed by atoms with Gasteiger partial charge in [0.15, 0.2) is 9.84 Å². The van der Waals surface area contributed by atoms with Gasteiger partial charge in [-0.1, -0.05) is 31.0 Å². The molecule has 1 aromatic heterocycles. The topological polar surface area (TPSA) is 98.1 Å². The van der Waals surface area contributed by atoms with Gasteiger partial charge in [-0.25, -0.2) is 13.1 Å². The second-order valence-electron chi connectivity index (χ2n) is 7.58. The summed E-state index contributed by atoms with van der Waals surface area (Å²) < 4.78 is 25.7. The molecule has 8 nitrogen and oxygen atoms in total. The third-order valence-electron chi connectivity index (χ3n) is 5.54. The molecule has 3 fully saturated rings. The minimum Gasteiger partial charge on any atom is -0.335 e. The lowest BCUT2D eigenvalue weighted by Gasteiger charge is -2.38. The Labute approximate surface area is 158 Å². The summed E-state index contributed by atoms with van der Waals surface area (Å²) in [6.45, 7) is 0. The molecule has 1 saturated heterocycles. The number of carbonyl (C=O) groups excluding carboxylic acids is 1. The summed E-state index contributed by atoms with van der Waals surface area (Å²) in [5, 5.41) is 12.5. The molecule has 0 bridgehead atoms. The van der Waals surface area contributed by atoms with E-state index in [0.717, 1.165) is 38.5 Å². The highest BCUT2D eigenvalue weighted by Gasteiger charge is 2.38. The monoisotopic (exact) mass is 399 g/mol. The first-order valence-electron chi connectivity index (χ1n) is 9.46. The van der Waals surface area contributed by atoms with Gasteiger partial charge in [-0.15, -0.1) is 5.10 Å². The first kappa shape index (κ1) is 18.2. The van der Waals surface area contributed by atoms with Gasteiger partial charge in [0.25, 0.3) is 0 Å². The molecule has 0 N–H and O–H groups in total. The molecule has 1 atom stereocenters. The van der Waals surface area contributed by atoms with Crippen LogP contribution in [0.3, 0.4) is 0 Å². The van der Waals surface area contributed by atoms with Crippen molar-refractivity contribution in [3.8, 4) is 0 Å². The number of carbonyl (C=O) groups is 1. The van der Waals surface area contributed by atoms with Crippen molar-refractivity contribution in [2.75, 3.05) is 17.3 Å².